The molecule has 0 aliphatic rings. The zero-order valence-corrected chi connectivity index (χ0v) is 33.3. The van der Waals surface area contributed by atoms with E-state index in [1.165, 1.54) is 116 Å². The fourth-order valence-electron chi connectivity index (χ4n) is 6.22. The molecule has 0 spiro atoms. The topological polar surface area (TPSA) is 78.9 Å². The molecule has 0 aliphatic heterocycles. The van der Waals surface area contributed by atoms with Crippen molar-refractivity contribution in [3.8, 4) is 0 Å². The van der Waals surface area contributed by atoms with Crippen LogP contribution in [0.2, 0.25) is 0 Å². The quantitative estimate of drug-likeness (QED) is 0.0366. The fraction of sp³-hybridized carbons (Fsp3) is 0.930. The number of hydrogen-bond acceptors (Lipinski definition) is 6. The zero-order valence-electron chi connectivity index (χ0n) is 33.3. The summed E-state index contributed by atoms with van der Waals surface area (Å²) in [6.45, 7) is 11.2. The highest BCUT2D eigenvalue weighted by Crippen LogP contribution is 2.16. The third-order valence-electron chi connectivity index (χ3n) is 9.47. The number of esters is 3. The Labute approximate surface area is 304 Å². The van der Waals surface area contributed by atoms with Crippen LogP contribution in [0, 0.1) is 11.8 Å². The molecule has 0 saturated heterocycles. The van der Waals surface area contributed by atoms with Crippen LogP contribution in [0.25, 0.3) is 0 Å². The summed E-state index contributed by atoms with van der Waals surface area (Å²) in [6, 6.07) is 0. The molecule has 0 aromatic rings. The standard InChI is InChI=1S/C43H82O6/c1-6-7-8-9-16-23-28-33-41(44)47-36-40(49-43(46)35-30-25-20-19-22-27-32-39(4)5)37-48-42(45)34-29-24-18-15-13-11-10-12-14-17-21-26-31-38(2)3/h38-40H,6-37H2,1-5H3/t40-/m0/s1. The molecule has 6 nitrogen and oxygen atoms in total. The molecule has 6 heteroatoms. The molecule has 0 amide bonds. The molecule has 0 aromatic heterocycles. The first-order valence-corrected chi connectivity index (χ1v) is 21.2. The Kier molecular flexibility index (Phi) is 35.0. The number of carbonyl (C=O) groups is 3. The summed E-state index contributed by atoms with van der Waals surface area (Å²) >= 11 is 0. The lowest BCUT2D eigenvalue weighted by atomic mass is 10.0. The fourth-order valence-corrected chi connectivity index (χ4v) is 6.22. The highest BCUT2D eigenvalue weighted by molar-refractivity contribution is 5.71. The van der Waals surface area contributed by atoms with Crippen molar-refractivity contribution >= 4 is 17.9 Å². The Morgan fingerprint density at radius 3 is 1.00 bits per heavy atom. The maximum atomic E-state index is 12.6. The van der Waals surface area contributed by atoms with Crippen LogP contribution in [-0.2, 0) is 28.6 Å². The molecule has 0 aromatic carbocycles. The molecule has 49 heavy (non-hydrogen) atoms. The molecule has 0 fully saturated rings. The molecule has 0 radical (unpaired) electrons. The van der Waals surface area contributed by atoms with E-state index in [2.05, 4.69) is 34.6 Å². The summed E-state index contributed by atoms with van der Waals surface area (Å²) in [7, 11) is 0. The average Bonchev–Trinajstić information content (AvgIpc) is 3.06. The molecule has 0 saturated carbocycles. The highest BCUT2D eigenvalue weighted by Gasteiger charge is 2.19. The third kappa shape index (κ3) is 37.5. The first kappa shape index (κ1) is 47.4. The monoisotopic (exact) mass is 695 g/mol. The second-order valence-corrected chi connectivity index (χ2v) is 15.6. The molecule has 0 N–H and O–H groups in total. The van der Waals surface area contributed by atoms with Crippen molar-refractivity contribution in [2.75, 3.05) is 13.2 Å². The summed E-state index contributed by atoms with van der Waals surface area (Å²) in [5, 5.41) is 0. The molecule has 290 valence electrons. The van der Waals surface area contributed by atoms with Crippen LogP contribution >= 0.6 is 0 Å². The highest BCUT2D eigenvalue weighted by atomic mass is 16.6. The van der Waals surface area contributed by atoms with Gasteiger partial charge in [0.05, 0.1) is 0 Å². The summed E-state index contributed by atoms with van der Waals surface area (Å²) in [5.41, 5.74) is 0. The van der Waals surface area contributed by atoms with Gasteiger partial charge in [-0.15, -0.1) is 0 Å². The van der Waals surface area contributed by atoms with Gasteiger partial charge in [-0.3, -0.25) is 14.4 Å². The van der Waals surface area contributed by atoms with Gasteiger partial charge in [-0.1, -0.05) is 189 Å². The van der Waals surface area contributed by atoms with Crippen molar-refractivity contribution in [3.05, 3.63) is 0 Å². The number of hydrogen-bond donors (Lipinski definition) is 0. The Balaban J connectivity index is 4.25. The first-order chi connectivity index (χ1) is 23.7. The Morgan fingerprint density at radius 2 is 0.673 bits per heavy atom. The van der Waals surface area contributed by atoms with Crippen molar-refractivity contribution < 1.29 is 28.6 Å². The van der Waals surface area contributed by atoms with Gasteiger partial charge in [0.15, 0.2) is 6.10 Å². The summed E-state index contributed by atoms with van der Waals surface area (Å²) < 4.78 is 16.6. The largest absolute Gasteiger partial charge is 0.462 e. The van der Waals surface area contributed by atoms with Crippen molar-refractivity contribution in [3.63, 3.8) is 0 Å². The summed E-state index contributed by atoms with van der Waals surface area (Å²) in [4.78, 5) is 37.4. The van der Waals surface area contributed by atoms with E-state index in [0.717, 1.165) is 69.6 Å². The van der Waals surface area contributed by atoms with Crippen molar-refractivity contribution in [2.45, 2.75) is 233 Å². The molecule has 1 atom stereocenters. The minimum atomic E-state index is -0.759. The number of ether oxygens (including phenoxy) is 3. The van der Waals surface area contributed by atoms with Crippen LogP contribution in [-0.4, -0.2) is 37.2 Å². The molecule has 0 rings (SSSR count). The van der Waals surface area contributed by atoms with Crippen LogP contribution < -0.4 is 0 Å². The van der Waals surface area contributed by atoms with Crippen LogP contribution in [0.4, 0.5) is 0 Å². The van der Waals surface area contributed by atoms with E-state index in [9.17, 15) is 14.4 Å². The Hall–Kier alpha value is -1.59. The van der Waals surface area contributed by atoms with Crippen LogP contribution in [0.3, 0.4) is 0 Å². The van der Waals surface area contributed by atoms with Gasteiger partial charge in [0, 0.05) is 19.3 Å². The number of unbranched alkanes of at least 4 members (excludes halogenated alkanes) is 22. The van der Waals surface area contributed by atoms with E-state index < -0.39 is 6.10 Å². The van der Waals surface area contributed by atoms with E-state index >= 15 is 0 Å². The second-order valence-electron chi connectivity index (χ2n) is 15.6. The van der Waals surface area contributed by atoms with Gasteiger partial charge in [0.1, 0.15) is 13.2 Å². The van der Waals surface area contributed by atoms with Gasteiger partial charge in [-0.25, -0.2) is 0 Å². The third-order valence-corrected chi connectivity index (χ3v) is 9.47. The van der Waals surface area contributed by atoms with Gasteiger partial charge in [-0.05, 0) is 31.1 Å². The van der Waals surface area contributed by atoms with E-state index in [1.807, 2.05) is 0 Å². The average molecular weight is 695 g/mol. The minimum Gasteiger partial charge on any atom is -0.462 e. The lowest BCUT2D eigenvalue weighted by Gasteiger charge is -2.18. The first-order valence-electron chi connectivity index (χ1n) is 21.2. The summed E-state index contributed by atoms with van der Waals surface area (Å²) in [5.74, 6) is 0.720. The van der Waals surface area contributed by atoms with Crippen molar-refractivity contribution in [2.24, 2.45) is 11.8 Å². The van der Waals surface area contributed by atoms with Gasteiger partial charge in [-0.2, -0.15) is 0 Å². The Morgan fingerprint density at radius 1 is 0.388 bits per heavy atom. The molecule has 0 aliphatic carbocycles. The van der Waals surface area contributed by atoms with Crippen molar-refractivity contribution in [1.82, 2.24) is 0 Å². The smallest absolute Gasteiger partial charge is 0.306 e. The molecular weight excluding hydrogens is 612 g/mol. The van der Waals surface area contributed by atoms with Crippen LogP contribution in [0.1, 0.15) is 227 Å². The predicted octanol–water partition coefficient (Wildman–Crippen LogP) is 13.0. The van der Waals surface area contributed by atoms with Crippen molar-refractivity contribution in [1.29, 1.82) is 0 Å². The SMILES string of the molecule is CCCCCCCCCC(=O)OC[C@@H](COC(=O)CCCCCCCCCCCCCCC(C)C)OC(=O)CCCCCCCCC(C)C. The predicted molar refractivity (Wildman–Crippen MR) is 206 cm³/mol. The van der Waals surface area contributed by atoms with E-state index in [0.29, 0.717) is 19.3 Å². The van der Waals surface area contributed by atoms with Gasteiger partial charge >= 0.3 is 17.9 Å². The molecule has 0 bridgehead atoms. The van der Waals surface area contributed by atoms with Gasteiger partial charge < -0.3 is 14.2 Å². The molecule has 0 unspecified atom stereocenters. The minimum absolute atomic E-state index is 0.0666. The lowest BCUT2D eigenvalue weighted by molar-refractivity contribution is -0.167. The normalized spacial score (nSPS) is 12.1. The zero-order chi connectivity index (χ0) is 36.2. The van der Waals surface area contributed by atoms with Crippen LogP contribution in [0.15, 0.2) is 0 Å². The van der Waals surface area contributed by atoms with Gasteiger partial charge in [0.2, 0.25) is 0 Å². The van der Waals surface area contributed by atoms with E-state index in [4.69, 9.17) is 14.2 Å². The number of carbonyl (C=O) groups excluding carboxylic acids is 3. The molecule has 0 heterocycles. The van der Waals surface area contributed by atoms with E-state index in [-0.39, 0.29) is 31.1 Å². The maximum Gasteiger partial charge on any atom is 0.306 e. The second kappa shape index (κ2) is 36.2. The van der Waals surface area contributed by atoms with Crippen LogP contribution in [0.5, 0.6) is 0 Å². The number of rotatable bonds is 37. The molecular formula is C43H82O6. The van der Waals surface area contributed by atoms with E-state index in [1.54, 1.807) is 0 Å². The maximum absolute atomic E-state index is 12.6. The lowest BCUT2D eigenvalue weighted by Crippen LogP contribution is -2.30. The Bertz CT molecular complexity index is 749. The summed E-state index contributed by atoms with van der Waals surface area (Å²) in [6.07, 6.45) is 32.6. The van der Waals surface area contributed by atoms with Gasteiger partial charge in [0.25, 0.3) is 0 Å².